The number of hydrogen-bond acceptors (Lipinski definition) is 6. The number of nitrogens with zero attached hydrogens (tertiary/aromatic N) is 3. The zero-order valence-corrected chi connectivity index (χ0v) is 26.4. The Labute approximate surface area is 267 Å². The van der Waals surface area contributed by atoms with E-state index in [1.165, 1.54) is 0 Å². The maximum absolute atomic E-state index is 14.8. The molecule has 3 aromatic rings. The highest BCUT2D eigenvalue weighted by Crippen LogP contribution is 2.66. The number of rotatable bonds is 6. The highest BCUT2D eigenvalue weighted by Gasteiger charge is 2.74. The number of aliphatic hydroxyl groups excluding tert-OH is 1. The maximum Gasteiger partial charge on any atom is 0.251 e. The molecule has 0 radical (unpaired) electrons. The smallest absolute Gasteiger partial charge is 0.251 e. The van der Waals surface area contributed by atoms with Gasteiger partial charge in [-0.2, -0.15) is 0 Å². The molecule has 8 nitrogen and oxygen atoms in total. The number of aliphatic hydroxyl groups is 1. The molecule has 4 aliphatic heterocycles. The number of benzene rings is 3. The molecule has 4 heterocycles. The molecule has 6 atom stereocenters. The molecule has 9 heteroatoms. The van der Waals surface area contributed by atoms with Crippen molar-refractivity contribution in [2.75, 3.05) is 36.1 Å². The third-order valence-electron chi connectivity index (χ3n) is 9.74. The monoisotopic (exact) mass is 623 g/mol. The summed E-state index contributed by atoms with van der Waals surface area (Å²) in [4.78, 5) is 49.1. The van der Waals surface area contributed by atoms with Crippen molar-refractivity contribution in [1.29, 1.82) is 0 Å². The van der Waals surface area contributed by atoms with Crippen molar-refractivity contribution in [3.63, 3.8) is 0 Å². The molecule has 1 spiro atoms. The summed E-state index contributed by atoms with van der Waals surface area (Å²) in [7, 11) is 0. The molecule has 2 fully saturated rings. The molecule has 2 saturated heterocycles. The van der Waals surface area contributed by atoms with Crippen molar-refractivity contribution in [3.05, 3.63) is 91.0 Å². The Morgan fingerprint density at radius 2 is 1.53 bits per heavy atom. The number of hydrogen-bond donors (Lipinski definition) is 1. The third kappa shape index (κ3) is 4.50. The van der Waals surface area contributed by atoms with Crippen LogP contribution in [0, 0.1) is 11.8 Å². The van der Waals surface area contributed by atoms with Gasteiger partial charge in [0, 0.05) is 29.2 Å². The summed E-state index contributed by atoms with van der Waals surface area (Å²) in [5.74, 6) is -1.41. The first kappa shape index (κ1) is 29.6. The SMILES string of the molecule is CCOc1ccc(N2CC=C[C@@]3(C)S[C@]45C=CCN(c6ccc7ccccc7c6)C(=O)C4N([C@H](C)CO)C(=O)[C@@H]5[C@H]3C2=O)cc1. The molecule has 1 N–H and O–H groups in total. The van der Waals surface area contributed by atoms with E-state index in [2.05, 4.69) is 6.08 Å². The normalized spacial score (nSPS) is 29.8. The second-order valence-corrected chi connectivity index (χ2v) is 14.2. The number of anilines is 2. The summed E-state index contributed by atoms with van der Waals surface area (Å²) in [6.45, 7) is 6.66. The van der Waals surface area contributed by atoms with Gasteiger partial charge in [0.25, 0.3) is 5.91 Å². The number of likely N-dealkylation sites (tertiary alicyclic amines) is 1. The van der Waals surface area contributed by atoms with Crippen molar-refractivity contribution in [1.82, 2.24) is 4.90 Å². The first-order chi connectivity index (χ1) is 21.7. The van der Waals surface area contributed by atoms with E-state index in [1.807, 2.05) is 98.8 Å². The van der Waals surface area contributed by atoms with Crippen molar-refractivity contribution in [2.24, 2.45) is 11.8 Å². The van der Waals surface area contributed by atoms with Crippen molar-refractivity contribution in [2.45, 2.75) is 42.3 Å². The van der Waals surface area contributed by atoms with E-state index in [1.54, 1.807) is 33.4 Å². The number of thioether (sulfide) groups is 1. The van der Waals surface area contributed by atoms with Gasteiger partial charge in [-0.25, -0.2) is 0 Å². The van der Waals surface area contributed by atoms with Gasteiger partial charge in [0.15, 0.2) is 0 Å². The molecule has 3 amide bonds. The van der Waals surface area contributed by atoms with Gasteiger partial charge in [-0.05, 0) is 67.9 Å². The highest BCUT2D eigenvalue weighted by atomic mass is 32.2. The first-order valence-corrected chi connectivity index (χ1v) is 16.4. The predicted octanol–water partition coefficient (Wildman–Crippen LogP) is 4.81. The minimum Gasteiger partial charge on any atom is -0.494 e. The fraction of sp³-hybridized carbons (Fsp3) is 0.361. The fourth-order valence-corrected chi connectivity index (χ4v) is 9.86. The van der Waals surface area contributed by atoms with Gasteiger partial charge in [-0.1, -0.05) is 54.6 Å². The second kappa shape index (κ2) is 11.1. The summed E-state index contributed by atoms with van der Waals surface area (Å²) in [6, 6.07) is 19.9. The molecule has 0 aliphatic carbocycles. The van der Waals surface area contributed by atoms with Crippen molar-refractivity contribution in [3.8, 4) is 5.75 Å². The molecule has 1 unspecified atom stereocenters. The van der Waals surface area contributed by atoms with Gasteiger partial charge in [-0.15, -0.1) is 11.8 Å². The minimum atomic E-state index is -0.996. The summed E-state index contributed by atoms with van der Waals surface area (Å²) in [5.41, 5.74) is 1.47. The maximum atomic E-state index is 14.8. The van der Waals surface area contributed by atoms with Gasteiger partial charge in [0.05, 0.1) is 35.8 Å². The van der Waals surface area contributed by atoms with Crippen LogP contribution in [-0.4, -0.2) is 75.6 Å². The molecule has 232 valence electrons. The Bertz CT molecular complexity index is 1740. The Hall–Kier alpha value is -4.08. The van der Waals surface area contributed by atoms with Crippen LogP contribution in [0.15, 0.2) is 91.0 Å². The summed E-state index contributed by atoms with van der Waals surface area (Å²) < 4.78 is 3.88. The number of amides is 3. The van der Waals surface area contributed by atoms with Crippen molar-refractivity contribution >= 4 is 51.6 Å². The zero-order chi connectivity index (χ0) is 31.5. The molecular formula is C36H37N3O5S. The third-order valence-corrected chi connectivity index (χ3v) is 11.5. The zero-order valence-electron chi connectivity index (χ0n) is 25.6. The van der Waals surface area contributed by atoms with Crippen LogP contribution < -0.4 is 14.5 Å². The molecule has 3 aromatic carbocycles. The second-order valence-electron chi connectivity index (χ2n) is 12.4. The number of carbonyl (C=O) groups is 3. The fourth-order valence-electron chi connectivity index (χ4n) is 7.72. The van der Waals surface area contributed by atoms with Crippen LogP contribution in [0.3, 0.4) is 0 Å². The van der Waals surface area contributed by atoms with Gasteiger partial charge in [0.1, 0.15) is 11.8 Å². The lowest BCUT2D eigenvalue weighted by atomic mass is 9.74. The Kier molecular flexibility index (Phi) is 7.28. The number of fused-ring (bicyclic) bond motifs is 3. The predicted molar refractivity (Wildman–Crippen MR) is 177 cm³/mol. The van der Waals surface area contributed by atoms with Gasteiger partial charge >= 0.3 is 0 Å². The van der Waals surface area contributed by atoms with Crippen LogP contribution in [-0.2, 0) is 14.4 Å². The molecular weight excluding hydrogens is 586 g/mol. The van der Waals surface area contributed by atoms with Gasteiger partial charge < -0.3 is 24.5 Å². The average molecular weight is 624 g/mol. The Morgan fingerprint density at radius 1 is 0.867 bits per heavy atom. The van der Waals surface area contributed by atoms with Crippen LogP contribution in [0.4, 0.5) is 11.4 Å². The lowest BCUT2D eigenvalue weighted by Gasteiger charge is -2.38. The summed E-state index contributed by atoms with van der Waals surface area (Å²) in [6.07, 6.45) is 8.03. The molecule has 0 saturated carbocycles. The van der Waals surface area contributed by atoms with E-state index in [0.717, 1.165) is 27.9 Å². The van der Waals surface area contributed by atoms with Crippen LogP contribution in [0.2, 0.25) is 0 Å². The van der Waals surface area contributed by atoms with E-state index < -0.39 is 33.4 Å². The highest BCUT2D eigenvalue weighted by molar-refractivity contribution is 8.02. The minimum absolute atomic E-state index is 0.150. The average Bonchev–Trinajstić information content (AvgIpc) is 3.32. The van der Waals surface area contributed by atoms with Crippen LogP contribution >= 0.6 is 11.8 Å². The largest absolute Gasteiger partial charge is 0.494 e. The molecule has 0 aromatic heterocycles. The van der Waals surface area contributed by atoms with Crippen molar-refractivity contribution < 1.29 is 24.2 Å². The van der Waals surface area contributed by atoms with Gasteiger partial charge in [0.2, 0.25) is 11.8 Å². The summed E-state index contributed by atoms with van der Waals surface area (Å²) >= 11 is 1.54. The Balaban J connectivity index is 1.31. The molecule has 4 aliphatic rings. The lowest BCUT2D eigenvalue weighted by molar-refractivity contribution is -0.141. The van der Waals surface area contributed by atoms with E-state index in [4.69, 9.17) is 4.74 Å². The first-order valence-electron chi connectivity index (χ1n) is 15.6. The van der Waals surface area contributed by atoms with Crippen LogP contribution in [0.5, 0.6) is 5.75 Å². The van der Waals surface area contributed by atoms with E-state index in [-0.39, 0.29) is 24.3 Å². The molecule has 0 bridgehead atoms. The number of ether oxygens (including phenoxy) is 1. The Morgan fingerprint density at radius 3 is 2.24 bits per heavy atom. The quantitative estimate of drug-likeness (QED) is 0.397. The summed E-state index contributed by atoms with van der Waals surface area (Å²) in [5, 5.41) is 12.4. The standard InChI is InChI=1S/C36H37N3O5S/c1-4-44-28-15-13-26(14-16-28)37-19-7-17-35(3)29(32(37)41)30-33(42)39(23(2)22-40)31-34(43)38(20-8-18-36(30,31)45-35)27-12-11-24-9-5-6-10-25(24)21-27/h5-18,21,23,29-31,40H,4,19-20,22H2,1-3H3/t23-,29+,30+,31?,35-,36+/m1/s1. The number of carbonyl (C=O) groups excluding carboxylic acids is 3. The van der Waals surface area contributed by atoms with Crippen LogP contribution in [0.1, 0.15) is 20.8 Å². The molecule has 45 heavy (non-hydrogen) atoms. The van der Waals surface area contributed by atoms with Crippen LogP contribution in [0.25, 0.3) is 10.8 Å². The van der Waals surface area contributed by atoms with E-state index in [0.29, 0.717) is 19.7 Å². The lowest BCUT2D eigenvalue weighted by Crippen LogP contribution is -2.56. The topological polar surface area (TPSA) is 90.4 Å². The van der Waals surface area contributed by atoms with E-state index in [9.17, 15) is 19.5 Å². The van der Waals surface area contributed by atoms with Gasteiger partial charge in [-0.3, -0.25) is 14.4 Å². The molecule has 7 rings (SSSR count). The van der Waals surface area contributed by atoms with E-state index >= 15 is 0 Å².